The molecule has 2 fully saturated rings. The molecule has 0 unspecified atom stereocenters. The summed E-state index contributed by atoms with van der Waals surface area (Å²) < 4.78 is 1.90. The van der Waals surface area contributed by atoms with Gasteiger partial charge in [0.1, 0.15) is 0 Å². The molecule has 1 aromatic heterocycles. The van der Waals surface area contributed by atoms with Crippen LogP contribution in [0.4, 0.5) is 0 Å². The molecule has 2 amide bonds. The van der Waals surface area contributed by atoms with Crippen molar-refractivity contribution in [2.24, 2.45) is 11.8 Å². The Morgan fingerprint density at radius 2 is 2.21 bits per heavy atom. The van der Waals surface area contributed by atoms with Crippen molar-refractivity contribution in [3.05, 3.63) is 18.0 Å². The first-order valence-electron chi connectivity index (χ1n) is 8.88. The maximum Gasteiger partial charge on any atom is 0.248 e. The maximum absolute atomic E-state index is 12.6. The van der Waals surface area contributed by atoms with Gasteiger partial charge in [0, 0.05) is 25.2 Å². The number of hydrogen-bond acceptors (Lipinski definition) is 4. The van der Waals surface area contributed by atoms with E-state index in [9.17, 15) is 9.59 Å². The van der Waals surface area contributed by atoms with Gasteiger partial charge in [0.15, 0.2) is 0 Å². The first-order chi connectivity index (χ1) is 11.6. The van der Waals surface area contributed by atoms with Crippen LogP contribution in [0.25, 0.3) is 0 Å². The molecule has 0 radical (unpaired) electrons. The van der Waals surface area contributed by atoms with Crippen LogP contribution in [0.3, 0.4) is 0 Å². The molecule has 0 N–H and O–H groups in total. The Hall–Kier alpha value is -1.89. The van der Waals surface area contributed by atoms with Crippen LogP contribution in [0.5, 0.6) is 0 Å². The molecule has 1 saturated heterocycles. The molecule has 0 spiro atoms. The van der Waals surface area contributed by atoms with Crippen LogP contribution in [0.2, 0.25) is 0 Å². The molecule has 1 aliphatic carbocycles. The van der Waals surface area contributed by atoms with Gasteiger partial charge in [-0.05, 0) is 31.2 Å². The van der Waals surface area contributed by atoms with E-state index >= 15 is 0 Å². The Kier molecular flexibility index (Phi) is 4.04. The van der Waals surface area contributed by atoms with Gasteiger partial charge in [0.05, 0.1) is 31.3 Å². The smallest absolute Gasteiger partial charge is 0.248 e. The molecule has 3 atom stereocenters. The number of hydroxylamine groups is 2. The fourth-order valence-corrected chi connectivity index (χ4v) is 3.70. The molecular weight excluding hydrogens is 308 g/mol. The average molecular weight is 332 g/mol. The minimum atomic E-state index is -0.111. The lowest BCUT2D eigenvalue weighted by Gasteiger charge is -2.35. The Balaban J connectivity index is 1.47. The van der Waals surface area contributed by atoms with Crippen LogP contribution < -0.4 is 0 Å². The van der Waals surface area contributed by atoms with Crippen LogP contribution in [-0.2, 0) is 21.0 Å². The Morgan fingerprint density at radius 3 is 2.92 bits per heavy atom. The topological polar surface area (TPSA) is 67.7 Å². The summed E-state index contributed by atoms with van der Waals surface area (Å²) >= 11 is 0. The van der Waals surface area contributed by atoms with Crippen molar-refractivity contribution >= 4 is 11.8 Å². The highest BCUT2D eigenvalue weighted by atomic mass is 16.7. The van der Waals surface area contributed by atoms with Crippen molar-refractivity contribution in [1.29, 1.82) is 0 Å². The molecule has 130 valence electrons. The van der Waals surface area contributed by atoms with E-state index in [1.807, 2.05) is 15.6 Å². The predicted molar refractivity (Wildman–Crippen MR) is 85.5 cm³/mol. The molecule has 0 aromatic carbocycles. The number of aromatic nitrogens is 2. The number of nitrogens with zero attached hydrogens (tertiary/aromatic N) is 4. The van der Waals surface area contributed by atoms with Gasteiger partial charge in [0.2, 0.25) is 11.8 Å². The third-order valence-corrected chi connectivity index (χ3v) is 5.31. The van der Waals surface area contributed by atoms with Crippen LogP contribution in [0, 0.1) is 11.8 Å². The number of hydrogen-bond donors (Lipinski definition) is 0. The largest absolute Gasteiger partial charge is 0.334 e. The Bertz CT molecular complexity index is 638. The highest BCUT2D eigenvalue weighted by Gasteiger charge is 2.43. The number of fused-ring (bicyclic) bond motifs is 1. The van der Waals surface area contributed by atoms with Gasteiger partial charge in [-0.2, -0.15) is 5.10 Å². The first-order valence-corrected chi connectivity index (χ1v) is 8.88. The van der Waals surface area contributed by atoms with Crippen LogP contribution >= 0.6 is 0 Å². The van der Waals surface area contributed by atoms with E-state index in [1.54, 1.807) is 6.20 Å². The van der Waals surface area contributed by atoms with Crippen LogP contribution in [0.1, 0.15) is 44.3 Å². The lowest BCUT2D eigenvalue weighted by atomic mass is 10.1. The summed E-state index contributed by atoms with van der Waals surface area (Å²) in [5, 5.41) is 5.86. The van der Waals surface area contributed by atoms with Crippen LogP contribution in [-0.4, -0.2) is 51.3 Å². The van der Waals surface area contributed by atoms with Crippen molar-refractivity contribution in [2.75, 3.05) is 19.7 Å². The van der Waals surface area contributed by atoms with Gasteiger partial charge in [0.25, 0.3) is 0 Å². The van der Waals surface area contributed by atoms with Gasteiger partial charge in [-0.3, -0.25) is 19.1 Å². The summed E-state index contributed by atoms with van der Waals surface area (Å²) in [7, 11) is 0. The molecule has 1 aromatic rings. The third kappa shape index (κ3) is 2.92. The molecule has 4 rings (SSSR count). The van der Waals surface area contributed by atoms with Gasteiger partial charge in [-0.15, -0.1) is 0 Å². The summed E-state index contributed by atoms with van der Waals surface area (Å²) in [6, 6.07) is 1.82. The van der Waals surface area contributed by atoms with Gasteiger partial charge in [-0.25, -0.2) is 5.06 Å². The molecule has 3 aliphatic rings. The minimum Gasteiger partial charge on any atom is -0.334 e. The van der Waals surface area contributed by atoms with E-state index in [4.69, 9.17) is 4.84 Å². The number of amides is 2. The fraction of sp³-hybridized carbons (Fsp3) is 0.706. The van der Waals surface area contributed by atoms with Gasteiger partial charge in [-0.1, -0.05) is 6.92 Å². The fourth-order valence-electron chi connectivity index (χ4n) is 3.70. The Labute approximate surface area is 141 Å². The number of carbonyl (C=O) groups excluding carboxylic acids is 2. The molecule has 24 heavy (non-hydrogen) atoms. The van der Waals surface area contributed by atoms with Crippen molar-refractivity contribution in [3.63, 3.8) is 0 Å². The second-order valence-corrected chi connectivity index (χ2v) is 7.20. The maximum atomic E-state index is 12.6. The normalized spacial score (nSPS) is 29.3. The van der Waals surface area contributed by atoms with Crippen molar-refractivity contribution in [1.82, 2.24) is 19.7 Å². The lowest BCUT2D eigenvalue weighted by Crippen LogP contribution is -2.44. The van der Waals surface area contributed by atoms with Crippen LogP contribution in [0.15, 0.2) is 12.3 Å². The van der Waals surface area contributed by atoms with Gasteiger partial charge < -0.3 is 4.90 Å². The van der Waals surface area contributed by atoms with E-state index in [2.05, 4.69) is 12.0 Å². The van der Waals surface area contributed by atoms with Crippen molar-refractivity contribution < 1.29 is 14.4 Å². The molecule has 0 bridgehead atoms. The quantitative estimate of drug-likeness (QED) is 0.838. The summed E-state index contributed by atoms with van der Waals surface area (Å²) in [6.07, 6.45) is 5.03. The predicted octanol–water partition coefficient (Wildman–Crippen LogP) is 1.37. The van der Waals surface area contributed by atoms with E-state index < -0.39 is 0 Å². The molecule has 7 nitrogen and oxygen atoms in total. The highest BCUT2D eigenvalue weighted by Crippen LogP contribution is 2.40. The summed E-state index contributed by atoms with van der Waals surface area (Å²) in [6.45, 7) is 4.52. The molecule has 1 saturated carbocycles. The second-order valence-electron chi connectivity index (χ2n) is 7.20. The second kappa shape index (κ2) is 6.20. The highest BCUT2D eigenvalue weighted by molar-refractivity contribution is 5.82. The van der Waals surface area contributed by atoms with Crippen molar-refractivity contribution in [2.45, 2.75) is 45.2 Å². The minimum absolute atomic E-state index is 0.0183. The van der Waals surface area contributed by atoms with E-state index in [0.29, 0.717) is 38.6 Å². The SMILES string of the molecule is C[C@@H]1C[C@@H]1C(=O)N1Cc2ccnn2[C@H](CC(=O)N2CCCCO2)C1. The zero-order chi connectivity index (χ0) is 16.7. The first kappa shape index (κ1) is 15.6. The molecule has 3 heterocycles. The zero-order valence-corrected chi connectivity index (χ0v) is 14.1. The summed E-state index contributed by atoms with van der Waals surface area (Å²) in [4.78, 5) is 32.5. The van der Waals surface area contributed by atoms with Crippen molar-refractivity contribution in [3.8, 4) is 0 Å². The van der Waals surface area contributed by atoms with Gasteiger partial charge >= 0.3 is 0 Å². The summed E-state index contributed by atoms with van der Waals surface area (Å²) in [5.41, 5.74) is 1.00. The molecular formula is C17H24N4O3. The third-order valence-electron chi connectivity index (χ3n) is 5.31. The lowest BCUT2D eigenvalue weighted by molar-refractivity contribution is -0.198. The standard InChI is InChI=1S/C17H24N4O3/c1-12-8-15(12)17(23)19-10-13-4-5-18-21(13)14(11-19)9-16(22)20-6-2-3-7-24-20/h4-5,12,14-15H,2-3,6-11H2,1H3/t12-,14-,15+/m1/s1. The average Bonchev–Trinajstić information content (AvgIpc) is 3.13. The summed E-state index contributed by atoms with van der Waals surface area (Å²) in [5.74, 6) is 0.865. The number of carbonyl (C=O) groups is 2. The van der Waals surface area contributed by atoms with E-state index in [1.165, 1.54) is 5.06 Å². The monoisotopic (exact) mass is 332 g/mol. The van der Waals surface area contributed by atoms with E-state index in [0.717, 1.165) is 25.0 Å². The van der Waals surface area contributed by atoms with E-state index in [-0.39, 0.29) is 23.8 Å². The zero-order valence-electron chi connectivity index (χ0n) is 14.1. The molecule has 7 heteroatoms. The molecule has 2 aliphatic heterocycles. The number of rotatable bonds is 3. The Morgan fingerprint density at radius 1 is 1.38 bits per heavy atom.